The van der Waals surface area contributed by atoms with E-state index < -0.39 is 34.6 Å². The number of hydrogen-bond acceptors (Lipinski definition) is 2. The second-order valence-corrected chi connectivity index (χ2v) is 3.85. The maximum atomic E-state index is 14.0. The van der Waals surface area contributed by atoms with Crippen molar-refractivity contribution in [2.24, 2.45) is 0 Å². The van der Waals surface area contributed by atoms with Crippen molar-refractivity contribution in [3.63, 3.8) is 0 Å². The molecule has 1 aromatic carbocycles. The average molecular weight is 282 g/mol. The summed E-state index contributed by atoms with van der Waals surface area (Å²) in [5.74, 6) is -6.17. The number of rotatable bonds is 2. The molecular formula is C12H6F4N4. The summed E-state index contributed by atoms with van der Waals surface area (Å²) in [7, 11) is 0. The summed E-state index contributed by atoms with van der Waals surface area (Å²) < 4.78 is 57.3. The molecule has 0 saturated heterocycles. The highest BCUT2D eigenvalue weighted by atomic mass is 19.2. The van der Waals surface area contributed by atoms with Gasteiger partial charge in [-0.3, -0.25) is 0 Å². The molecule has 3 rings (SSSR count). The summed E-state index contributed by atoms with van der Waals surface area (Å²) in [5, 5.41) is 7.13. The first kappa shape index (κ1) is 12.4. The van der Waals surface area contributed by atoms with Gasteiger partial charge in [0, 0.05) is 24.8 Å². The van der Waals surface area contributed by atoms with Gasteiger partial charge in [-0.2, -0.15) is 10.2 Å². The molecule has 8 heteroatoms. The smallest absolute Gasteiger partial charge is 0.189 e. The molecule has 0 aliphatic rings. The Morgan fingerprint density at radius 3 is 1.25 bits per heavy atom. The Hall–Kier alpha value is -2.64. The summed E-state index contributed by atoms with van der Waals surface area (Å²) >= 11 is 0. The molecule has 0 bridgehead atoms. The third-order valence-corrected chi connectivity index (χ3v) is 2.68. The van der Waals surface area contributed by atoms with Crippen LogP contribution in [-0.4, -0.2) is 19.6 Å². The Balaban J connectivity index is 2.33. The van der Waals surface area contributed by atoms with E-state index in [1.165, 1.54) is 36.9 Å². The topological polar surface area (TPSA) is 35.6 Å². The molecule has 102 valence electrons. The number of nitrogens with zero attached hydrogens (tertiary/aromatic N) is 4. The lowest BCUT2D eigenvalue weighted by Crippen LogP contribution is -2.13. The third kappa shape index (κ3) is 1.68. The van der Waals surface area contributed by atoms with Crippen molar-refractivity contribution in [3.8, 4) is 11.4 Å². The number of halogens is 4. The van der Waals surface area contributed by atoms with Crippen molar-refractivity contribution < 1.29 is 17.6 Å². The van der Waals surface area contributed by atoms with Crippen LogP contribution in [-0.2, 0) is 0 Å². The van der Waals surface area contributed by atoms with E-state index in [1.54, 1.807) is 0 Å². The van der Waals surface area contributed by atoms with Gasteiger partial charge in [-0.05, 0) is 12.1 Å². The van der Waals surface area contributed by atoms with Crippen LogP contribution in [0.1, 0.15) is 0 Å². The monoisotopic (exact) mass is 282 g/mol. The molecule has 2 heterocycles. The molecule has 0 unspecified atom stereocenters. The van der Waals surface area contributed by atoms with Crippen LogP contribution in [0, 0.1) is 23.3 Å². The van der Waals surface area contributed by atoms with Crippen LogP contribution in [0.15, 0.2) is 36.9 Å². The quantitative estimate of drug-likeness (QED) is 0.535. The molecule has 2 aromatic heterocycles. The van der Waals surface area contributed by atoms with Crippen molar-refractivity contribution in [2.75, 3.05) is 0 Å². The lowest BCUT2D eigenvalue weighted by molar-refractivity contribution is 0.435. The van der Waals surface area contributed by atoms with E-state index in [2.05, 4.69) is 10.2 Å². The van der Waals surface area contributed by atoms with E-state index in [-0.39, 0.29) is 0 Å². The lowest BCUT2D eigenvalue weighted by atomic mass is 10.2. The highest BCUT2D eigenvalue weighted by Gasteiger charge is 2.28. The van der Waals surface area contributed by atoms with Gasteiger partial charge in [0.15, 0.2) is 23.3 Å². The zero-order valence-electron chi connectivity index (χ0n) is 9.76. The van der Waals surface area contributed by atoms with Crippen molar-refractivity contribution in [3.05, 3.63) is 60.2 Å². The van der Waals surface area contributed by atoms with Gasteiger partial charge in [0.05, 0.1) is 0 Å². The van der Waals surface area contributed by atoms with Crippen LogP contribution >= 0.6 is 0 Å². The molecule has 0 N–H and O–H groups in total. The Bertz CT molecular complexity index is 656. The Morgan fingerprint density at radius 1 is 0.650 bits per heavy atom. The fourth-order valence-corrected chi connectivity index (χ4v) is 1.81. The zero-order chi connectivity index (χ0) is 14.3. The third-order valence-electron chi connectivity index (χ3n) is 2.68. The Kier molecular flexibility index (Phi) is 2.78. The molecule has 4 nitrogen and oxygen atoms in total. The first-order valence-electron chi connectivity index (χ1n) is 5.47. The van der Waals surface area contributed by atoms with Crippen molar-refractivity contribution in [1.29, 1.82) is 0 Å². The normalized spacial score (nSPS) is 11.0. The minimum atomic E-state index is -1.54. The van der Waals surface area contributed by atoms with Crippen molar-refractivity contribution in [2.45, 2.75) is 0 Å². The number of hydrogen-bond donors (Lipinski definition) is 0. The maximum Gasteiger partial charge on any atom is 0.189 e. The lowest BCUT2D eigenvalue weighted by Gasteiger charge is -2.11. The van der Waals surface area contributed by atoms with Crippen LogP contribution in [0.5, 0.6) is 0 Å². The van der Waals surface area contributed by atoms with Gasteiger partial charge >= 0.3 is 0 Å². The van der Waals surface area contributed by atoms with E-state index in [9.17, 15) is 17.6 Å². The number of benzene rings is 1. The van der Waals surface area contributed by atoms with Gasteiger partial charge in [-0.25, -0.2) is 26.9 Å². The van der Waals surface area contributed by atoms with Gasteiger partial charge in [-0.15, -0.1) is 0 Å². The van der Waals surface area contributed by atoms with Crippen LogP contribution in [0.3, 0.4) is 0 Å². The van der Waals surface area contributed by atoms with Gasteiger partial charge in [0.25, 0.3) is 0 Å². The van der Waals surface area contributed by atoms with Gasteiger partial charge in [0.1, 0.15) is 11.4 Å². The Labute approximate surface area is 109 Å². The highest BCUT2D eigenvalue weighted by molar-refractivity contribution is 5.46. The zero-order valence-corrected chi connectivity index (χ0v) is 9.76. The SMILES string of the molecule is Fc1c(F)c(-n2cccn2)c(F)c(F)c1-n1cccn1. The molecule has 20 heavy (non-hydrogen) atoms. The Morgan fingerprint density at radius 2 is 1.00 bits per heavy atom. The summed E-state index contributed by atoms with van der Waals surface area (Å²) in [4.78, 5) is 0. The van der Waals surface area contributed by atoms with Gasteiger partial charge in [0.2, 0.25) is 0 Å². The fourth-order valence-electron chi connectivity index (χ4n) is 1.81. The molecule has 3 aromatic rings. The minimum Gasteiger partial charge on any atom is -0.235 e. The second kappa shape index (κ2) is 4.48. The first-order valence-corrected chi connectivity index (χ1v) is 5.47. The van der Waals surface area contributed by atoms with Crippen LogP contribution in [0.2, 0.25) is 0 Å². The molecular weight excluding hydrogens is 276 g/mol. The molecule has 0 radical (unpaired) electrons. The summed E-state index contributed by atoms with van der Waals surface area (Å²) in [5.41, 5.74) is -1.83. The van der Waals surface area contributed by atoms with E-state index in [0.29, 0.717) is 9.36 Å². The van der Waals surface area contributed by atoms with Gasteiger partial charge in [-0.1, -0.05) is 0 Å². The second-order valence-electron chi connectivity index (χ2n) is 3.85. The average Bonchev–Trinajstić information content (AvgIpc) is 3.10. The van der Waals surface area contributed by atoms with Crippen LogP contribution in [0.4, 0.5) is 17.6 Å². The minimum absolute atomic E-state index is 0.712. The van der Waals surface area contributed by atoms with E-state index in [1.807, 2.05) is 0 Å². The van der Waals surface area contributed by atoms with Crippen molar-refractivity contribution >= 4 is 0 Å². The molecule has 0 aliphatic carbocycles. The first-order chi connectivity index (χ1) is 9.61. The predicted octanol–water partition coefficient (Wildman–Crippen LogP) is 2.61. The molecule has 0 amide bonds. The predicted molar refractivity (Wildman–Crippen MR) is 60.5 cm³/mol. The van der Waals surface area contributed by atoms with E-state index >= 15 is 0 Å². The fraction of sp³-hybridized carbons (Fsp3) is 0. The van der Waals surface area contributed by atoms with Gasteiger partial charge < -0.3 is 0 Å². The largest absolute Gasteiger partial charge is 0.235 e. The molecule has 0 spiro atoms. The number of aromatic nitrogens is 4. The summed E-state index contributed by atoms with van der Waals surface area (Å²) in [6.45, 7) is 0. The summed E-state index contributed by atoms with van der Waals surface area (Å²) in [6.07, 6.45) is 4.81. The molecule has 0 atom stereocenters. The molecule has 0 saturated carbocycles. The molecule has 0 aliphatic heterocycles. The standard InChI is InChI=1S/C12H6F4N4/c13-7-9(15)12(20-6-2-4-18-20)10(16)8(14)11(7)19-5-1-3-17-19/h1-6H. The molecule has 0 fully saturated rings. The van der Waals surface area contributed by atoms with Crippen molar-refractivity contribution in [1.82, 2.24) is 19.6 Å². The van der Waals surface area contributed by atoms with Crippen LogP contribution < -0.4 is 0 Å². The summed E-state index contributed by atoms with van der Waals surface area (Å²) in [6, 6.07) is 2.74. The maximum absolute atomic E-state index is 14.0. The van der Waals surface area contributed by atoms with E-state index in [4.69, 9.17) is 0 Å². The highest BCUT2D eigenvalue weighted by Crippen LogP contribution is 2.28. The van der Waals surface area contributed by atoms with E-state index in [0.717, 1.165) is 0 Å². The van der Waals surface area contributed by atoms with Crippen LogP contribution in [0.25, 0.3) is 11.4 Å².